The second-order valence-corrected chi connectivity index (χ2v) is 5.09. The van der Waals surface area contributed by atoms with E-state index in [1.165, 1.54) is 14.2 Å². The third kappa shape index (κ3) is 5.28. The van der Waals surface area contributed by atoms with Crippen molar-refractivity contribution in [2.75, 3.05) is 27.4 Å². The Balaban J connectivity index is 1.73. The lowest BCUT2D eigenvalue weighted by Crippen LogP contribution is -2.06. The molecule has 0 aliphatic rings. The first-order valence-corrected chi connectivity index (χ1v) is 7.75. The van der Waals surface area contributed by atoms with Gasteiger partial charge in [0.25, 0.3) is 0 Å². The van der Waals surface area contributed by atoms with Crippen LogP contribution in [0, 0.1) is 0 Å². The molecule has 0 fully saturated rings. The Bertz CT molecular complexity index is 639. The highest BCUT2D eigenvalue weighted by atomic mass is 16.5. The van der Waals surface area contributed by atoms with Gasteiger partial charge < -0.3 is 18.9 Å². The molecule has 0 radical (unpaired) electrons. The molecule has 0 aliphatic heterocycles. The van der Waals surface area contributed by atoms with Gasteiger partial charge in [-0.05, 0) is 17.7 Å². The fourth-order valence-corrected chi connectivity index (χ4v) is 2.16. The molecule has 0 spiro atoms. The first-order chi connectivity index (χ1) is 11.7. The summed E-state index contributed by atoms with van der Waals surface area (Å²) >= 11 is 0. The van der Waals surface area contributed by atoms with Crippen LogP contribution in [0.1, 0.15) is 22.3 Å². The molecule has 0 heterocycles. The summed E-state index contributed by atoms with van der Waals surface area (Å²) in [6.45, 7) is 1.74. The van der Waals surface area contributed by atoms with Gasteiger partial charge in [0.2, 0.25) is 0 Å². The molecule has 0 bridgehead atoms. The van der Waals surface area contributed by atoms with Crippen molar-refractivity contribution >= 4 is 5.97 Å². The lowest BCUT2D eigenvalue weighted by atomic mass is 10.2. The molecule has 24 heavy (non-hydrogen) atoms. The average molecular weight is 330 g/mol. The molecule has 5 nitrogen and oxygen atoms in total. The third-order valence-corrected chi connectivity index (χ3v) is 3.39. The van der Waals surface area contributed by atoms with Crippen molar-refractivity contribution in [3.8, 4) is 11.5 Å². The average Bonchev–Trinajstić information content (AvgIpc) is 2.64. The van der Waals surface area contributed by atoms with E-state index in [0.29, 0.717) is 36.9 Å². The van der Waals surface area contributed by atoms with E-state index >= 15 is 0 Å². The van der Waals surface area contributed by atoms with Crippen LogP contribution in [0.25, 0.3) is 0 Å². The van der Waals surface area contributed by atoms with Crippen molar-refractivity contribution in [1.82, 2.24) is 0 Å². The number of rotatable bonds is 9. The van der Waals surface area contributed by atoms with Crippen molar-refractivity contribution in [2.24, 2.45) is 0 Å². The first kappa shape index (κ1) is 17.8. The molecule has 5 heteroatoms. The number of carbonyl (C=O) groups excluding carboxylic acids is 1. The molecule has 2 rings (SSSR count). The minimum atomic E-state index is -0.437. The Labute approximate surface area is 142 Å². The summed E-state index contributed by atoms with van der Waals surface area (Å²) < 4.78 is 21.2. The predicted octanol–water partition coefficient (Wildman–Crippen LogP) is 3.47. The summed E-state index contributed by atoms with van der Waals surface area (Å²) in [5.74, 6) is 0.634. The van der Waals surface area contributed by atoms with Crippen LogP contribution in [-0.2, 0) is 16.1 Å². The molecule has 0 saturated heterocycles. The summed E-state index contributed by atoms with van der Waals surface area (Å²) in [5, 5.41) is 0. The number of carbonyl (C=O) groups is 1. The van der Waals surface area contributed by atoms with Crippen LogP contribution in [0.3, 0.4) is 0 Å². The number of hydrogen-bond acceptors (Lipinski definition) is 5. The van der Waals surface area contributed by atoms with Crippen LogP contribution in [0.5, 0.6) is 11.5 Å². The maximum Gasteiger partial charge on any atom is 0.341 e. The van der Waals surface area contributed by atoms with Crippen LogP contribution in [0.4, 0.5) is 0 Å². The summed E-state index contributed by atoms with van der Waals surface area (Å²) in [7, 11) is 2.84. The molecule has 0 amide bonds. The molecule has 0 atom stereocenters. The minimum absolute atomic E-state index is 0.374. The van der Waals surface area contributed by atoms with E-state index in [0.717, 1.165) is 12.0 Å². The number of ether oxygens (including phenoxy) is 4. The van der Waals surface area contributed by atoms with Crippen LogP contribution >= 0.6 is 0 Å². The standard InChI is InChI=1S/C19H22O5/c1-21-18-13-16(9-10-17(18)19(20)22-2)24-12-6-11-23-14-15-7-4-3-5-8-15/h3-5,7-10,13H,6,11-12,14H2,1-2H3. The SMILES string of the molecule is COC(=O)c1ccc(OCCCOCc2ccccc2)cc1OC. The lowest BCUT2D eigenvalue weighted by Gasteiger charge is -2.11. The highest BCUT2D eigenvalue weighted by Gasteiger charge is 2.13. The van der Waals surface area contributed by atoms with E-state index in [1.54, 1.807) is 18.2 Å². The molecule has 0 aliphatic carbocycles. The van der Waals surface area contributed by atoms with E-state index < -0.39 is 5.97 Å². The van der Waals surface area contributed by atoms with Gasteiger partial charge in [-0.1, -0.05) is 30.3 Å². The Morgan fingerprint density at radius 1 is 1.00 bits per heavy atom. The smallest absolute Gasteiger partial charge is 0.341 e. The molecule has 2 aromatic rings. The molecule has 0 aromatic heterocycles. The number of methoxy groups -OCH3 is 2. The summed E-state index contributed by atoms with van der Waals surface area (Å²) in [6.07, 6.45) is 0.772. The Kier molecular flexibility index (Phi) is 7.11. The normalized spacial score (nSPS) is 10.2. The number of benzene rings is 2. The Hall–Kier alpha value is -2.53. The summed E-state index contributed by atoms with van der Waals surface area (Å²) in [5.41, 5.74) is 1.53. The van der Waals surface area contributed by atoms with E-state index in [9.17, 15) is 4.79 Å². The van der Waals surface area contributed by atoms with Crippen LogP contribution in [0.2, 0.25) is 0 Å². The molecular formula is C19H22O5. The summed E-state index contributed by atoms with van der Waals surface area (Å²) in [4.78, 5) is 11.6. The highest BCUT2D eigenvalue weighted by Crippen LogP contribution is 2.25. The molecule has 0 unspecified atom stereocenters. The molecular weight excluding hydrogens is 308 g/mol. The van der Waals surface area contributed by atoms with Gasteiger partial charge in [-0.2, -0.15) is 0 Å². The minimum Gasteiger partial charge on any atom is -0.496 e. The van der Waals surface area contributed by atoms with Gasteiger partial charge in [0.1, 0.15) is 17.1 Å². The molecule has 128 valence electrons. The monoisotopic (exact) mass is 330 g/mol. The lowest BCUT2D eigenvalue weighted by molar-refractivity contribution is 0.0597. The Morgan fingerprint density at radius 2 is 1.79 bits per heavy atom. The molecule has 2 aromatic carbocycles. The van der Waals surface area contributed by atoms with Gasteiger partial charge in [-0.3, -0.25) is 0 Å². The Morgan fingerprint density at radius 3 is 2.50 bits per heavy atom. The van der Waals surface area contributed by atoms with Gasteiger partial charge in [0.05, 0.1) is 34.0 Å². The van der Waals surface area contributed by atoms with Crippen LogP contribution < -0.4 is 9.47 Å². The van der Waals surface area contributed by atoms with Crippen molar-refractivity contribution in [3.63, 3.8) is 0 Å². The van der Waals surface area contributed by atoms with Crippen LogP contribution in [0.15, 0.2) is 48.5 Å². The number of hydrogen-bond donors (Lipinski definition) is 0. The van der Waals surface area contributed by atoms with E-state index in [1.807, 2.05) is 30.3 Å². The van der Waals surface area contributed by atoms with Crippen molar-refractivity contribution in [3.05, 3.63) is 59.7 Å². The fourth-order valence-electron chi connectivity index (χ4n) is 2.16. The van der Waals surface area contributed by atoms with Crippen molar-refractivity contribution in [2.45, 2.75) is 13.0 Å². The zero-order valence-electron chi connectivity index (χ0n) is 14.0. The number of esters is 1. The fraction of sp³-hybridized carbons (Fsp3) is 0.316. The third-order valence-electron chi connectivity index (χ3n) is 3.39. The van der Waals surface area contributed by atoms with Gasteiger partial charge in [-0.25, -0.2) is 4.79 Å². The maximum absolute atomic E-state index is 11.6. The highest BCUT2D eigenvalue weighted by molar-refractivity contribution is 5.92. The van der Waals surface area contributed by atoms with Gasteiger partial charge in [0.15, 0.2) is 0 Å². The molecule has 0 saturated carbocycles. The van der Waals surface area contributed by atoms with E-state index in [4.69, 9.17) is 18.9 Å². The van der Waals surface area contributed by atoms with Crippen molar-refractivity contribution in [1.29, 1.82) is 0 Å². The quantitative estimate of drug-likeness (QED) is 0.520. The van der Waals surface area contributed by atoms with Crippen LogP contribution in [-0.4, -0.2) is 33.4 Å². The van der Waals surface area contributed by atoms with E-state index in [-0.39, 0.29) is 0 Å². The predicted molar refractivity (Wildman–Crippen MR) is 90.5 cm³/mol. The van der Waals surface area contributed by atoms with Gasteiger partial charge >= 0.3 is 5.97 Å². The second kappa shape index (κ2) is 9.57. The topological polar surface area (TPSA) is 54.0 Å². The maximum atomic E-state index is 11.6. The largest absolute Gasteiger partial charge is 0.496 e. The first-order valence-electron chi connectivity index (χ1n) is 7.75. The second-order valence-electron chi connectivity index (χ2n) is 5.09. The van der Waals surface area contributed by atoms with Gasteiger partial charge in [-0.15, -0.1) is 0 Å². The molecule has 0 N–H and O–H groups in total. The zero-order valence-corrected chi connectivity index (χ0v) is 14.0. The zero-order chi connectivity index (χ0) is 17.2. The van der Waals surface area contributed by atoms with E-state index in [2.05, 4.69) is 0 Å². The van der Waals surface area contributed by atoms with Gasteiger partial charge in [0, 0.05) is 12.5 Å². The summed E-state index contributed by atoms with van der Waals surface area (Å²) in [6, 6.07) is 15.1. The van der Waals surface area contributed by atoms with Crippen molar-refractivity contribution < 1.29 is 23.7 Å².